The van der Waals surface area contributed by atoms with Crippen LogP contribution in [-0.4, -0.2) is 10.4 Å². The van der Waals surface area contributed by atoms with Crippen LogP contribution in [0.4, 0.5) is 0 Å². The second-order valence-corrected chi connectivity index (χ2v) is 3.26. The van der Waals surface area contributed by atoms with Gasteiger partial charge in [-0.05, 0) is 13.0 Å². The molecule has 1 heterocycles. The first kappa shape index (κ1) is 11.2. The van der Waals surface area contributed by atoms with Crippen molar-refractivity contribution < 1.29 is 4.79 Å². The average Bonchev–Trinajstić information content (AvgIpc) is 2.24. The van der Waals surface area contributed by atoms with Crippen LogP contribution in [0.25, 0.3) is 0 Å². The maximum absolute atomic E-state index is 11.5. The highest BCUT2D eigenvalue weighted by Gasteiger charge is 2.08. The van der Waals surface area contributed by atoms with Crippen molar-refractivity contribution in [2.24, 2.45) is 0 Å². The minimum absolute atomic E-state index is 0.0183. The van der Waals surface area contributed by atoms with Gasteiger partial charge in [-0.1, -0.05) is 6.92 Å². The van der Waals surface area contributed by atoms with E-state index in [2.05, 4.69) is 0 Å². The minimum atomic E-state index is -0.242. The van der Waals surface area contributed by atoms with Gasteiger partial charge in [-0.25, -0.2) is 0 Å². The van der Waals surface area contributed by atoms with E-state index < -0.39 is 0 Å². The molecule has 0 N–H and O–H groups in total. The second kappa shape index (κ2) is 4.56. The molecule has 0 atom stereocenters. The summed E-state index contributed by atoms with van der Waals surface area (Å²) in [5.74, 6) is -0.0183. The molecule has 4 heteroatoms. The number of pyridine rings is 1. The summed E-state index contributed by atoms with van der Waals surface area (Å²) in [5, 5.41) is 8.77. The molecule has 1 rings (SSSR count). The molecule has 4 nitrogen and oxygen atoms in total. The molecule has 0 spiro atoms. The van der Waals surface area contributed by atoms with E-state index in [1.807, 2.05) is 6.07 Å². The molecule has 1 aromatic rings. The first-order valence-corrected chi connectivity index (χ1v) is 4.72. The summed E-state index contributed by atoms with van der Waals surface area (Å²) >= 11 is 0. The number of ketones is 1. The standard InChI is InChI=1S/C11H12N2O2/c1-3-10(14)7-13-8(2)9(6-12)4-5-11(13)15/h4-5H,3,7H2,1-2H3. The third kappa shape index (κ3) is 2.32. The van der Waals surface area contributed by atoms with Gasteiger partial charge in [-0.15, -0.1) is 0 Å². The van der Waals surface area contributed by atoms with E-state index in [1.165, 1.54) is 16.7 Å². The summed E-state index contributed by atoms with van der Waals surface area (Å²) in [5.41, 5.74) is 0.735. The Morgan fingerprint density at radius 1 is 1.53 bits per heavy atom. The molecule has 0 saturated carbocycles. The smallest absolute Gasteiger partial charge is 0.251 e. The fourth-order valence-electron chi connectivity index (χ4n) is 1.28. The van der Waals surface area contributed by atoms with Crippen LogP contribution in [0.1, 0.15) is 24.6 Å². The van der Waals surface area contributed by atoms with Crippen molar-refractivity contribution in [3.8, 4) is 6.07 Å². The van der Waals surface area contributed by atoms with E-state index in [4.69, 9.17) is 5.26 Å². The van der Waals surface area contributed by atoms with Gasteiger partial charge < -0.3 is 4.57 Å². The topological polar surface area (TPSA) is 62.9 Å². The van der Waals surface area contributed by atoms with Crippen LogP contribution in [0.3, 0.4) is 0 Å². The predicted molar refractivity (Wildman–Crippen MR) is 55.5 cm³/mol. The number of hydrogen-bond acceptors (Lipinski definition) is 3. The number of rotatable bonds is 3. The van der Waals surface area contributed by atoms with Crippen molar-refractivity contribution in [1.82, 2.24) is 4.57 Å². The minimum Gasteiger partial charge on any atom is -0.304 e. The molecular formula is C11H12N2O2. The third-order valence-electron chi connectivity index (χ3n) is 2.30. The Balaban J connectivity index is 3.23. The Hall–Kier alpha value is -1.89. The Kier molecular flexibility index (Phi) is 3.40. The van der Waals surface area contributed by atoms with Crippen LogP contribution in [0, 0.1) is 18.3 Å². The predicted octanol–water partition coefficient (Wildman–Crippen LogP) is 1.01. The summed E-state index contributed by atoms with van der Waals surface area (Å²) in [7, 11) is 0. The fraction of sp³-hybridized carbons (Fsp3) is 0.364. The molecule has 1 aromatic heterocycles. The van der Waals surface area contributed by atoms with E-state index in [0.717, 1.165) is 0 Å². The van der Waals surface area contributed by atoms with Crippen LogP contribution < -0.4 is 5.56 Å². The number of carbonyl (C=O) groups excluding carboxylic acids is 1. The zero-order valence-electron chi connectivity index (χ0n) is 8.78. The number of carbonyl (C=O) groups is 1. The molecule has 0 saturated heterocycles. The molecular weight excluding hydrogens is 192 g/mol. The maximum atomic E-state index is 11.5. The fourth-order valence-corrected chi connectivity index (χ4v) is 1.28. The van der Waals surface area contributed by atoms with E-state index in [9.17, 15) is 9.59 Å². The number of aromatic nitrogens is 1. The molecule has 0 aliphatic heterocycles. The van der Waals surface area contributed by atoms with Gasteiger partial charge in [0.15, 0.2) is 5.78 Å². The largest absolute Gasteiger partial charge is 0.304 e. The quantitative estimate of drug-likeness (QED) is 0.738. The number of Topliss-reactive ketones (excluding diaryl/α,β-unsaturated/α-hetero) is 1. The summed E-state index contributed by atoms with van der Waals surface area (Å²) in [6.07, 6.45) is 0.392. The first-order chi connectivity index (χ1) is 7.10. The van der Waals surface area contributed by atoms with Gasteiger partial charge in [0, 0.05) is 18.2 Å². The first-order valence-electron chi connectivity index (χ1n) is 4.72. The van der Waals surface area contributed by atoms with Crippen LogP contribution in [-0.2, 0) is 11.3 Å². The summed E-state index contributed by atoms with van der Waals surface area (Å²) in [4.78, 5) is 22.7. The highest BCUT2D eigenvalue weighted by molar-refractivity contribution is 5.77. The van der Waals surface area contributed by atoms with Crippen LogP contribution in [0.2, 0.25) is 0 Å². The van der Waals surface area contributed by atoms with Crippen molar-refractivity contribution >= 4 is 5.78 Å². The summed E-state index contributed by atoms with van der Waals surface area (Å²) < 4.78 is 1.34. The lowest BCUT2D eigenvalue weighted by molar-refractivity contribution is -0.119. The van der Waals surface area contributed by atoms with Crippen LogP contribution in [0.5, 0.6) is 0 Å². The van der Waals surface area contributed by atoms with E-state index in [1.54, 1.807) is 13.8 Å². The number of nitriles is 1. The zero-order chi connectivity index (χ0) is 11.4. The molecule has 0 fully saturated rings. The van der Waals surface area contributed by atoms with Crippen LogP contribution in [0.15, 0.2) is 16.9 Å². The van der Waals surface area contributed by atoms with Gasteiger partial charge in [-0.3, -0.25) is 9.59 Å². The molecule has 0 amide bonds. The summed E-state index contributed by atoms with van der Waals surface area (Å²) in [6, 6.07) is 4.77. The number of hydrogen-bond donors (Lipinski definition) is 0. The van der Waals surface area contributed by atoms with Gasteiger partial charge in [-0.2, -0.15) is 5.26 Å². The number of nitrogens with zero attached hydrogens (tertiary/aromatic N) is 2. The van der Waals surface area contributed by atoms with E-state index >= 15 is 0 Å². The van der Waals surface area contributed by atoms with Crippen molar-refractivity contribution in [2.75, 3.05) is 0 Å². The lowest BCUT2D eigenvalue weighted by Gasteiger charge is -2.08. The van der Waals surface area contributed by atoms with Gasteiger partial charge in [0.2, 0.25) is 0 Å². The van der Waals surface area contributed by atoms with Crippen molar-refractivity contribution in [2.45, 2.75) is 26.8 Å². The lowest BCUT2D eigenvalue weighted by Crippen LogP contribution is -2.25. The molecule has 0 aliphatic carbocycles. The molecule has 0 aromatic carbocycles. The van der Waals surface area contributed by atoms with Crippen molar-refractivity contribution in [3.05, 3.63) is 33.7 Å². The molecule has 0 aliphatic rings. The zero-order valence-corrected chi connectivity index (χ0v) is 8.78. The molecule has 15 heavy (non-hydrogen) atoms. The highest BCUT2D eigenvalue weighted by atomic mass is 16.1. The van der Waals surface area contributed by atoms with Gasteiger partial charge >= 0.3 is 0 Å². The normalized spacial score (nSPS) is 9.67. The lowest BCUT2D eigenvalue weighted by atomic mass is 10.2. The Bertz CT molecular complexity index is 480. The second-order valence-electron chi connectivity index (χ2n) is 3.26. The Morgan fingerprint density at radius 2 is 2.20 bits per heavy atom. The average molecular weight is 204 g/mol. The van der Waals surface area contributed by atoms with Gasteiger partial charge in [0.05, 0.1) is 12.1 Å². The molecule has 78 valence electrons. The SMILES string of the molecule is CCC(=O)Cn1c(C)c(C#N)ccc1=O. The molecule has 0 bridgehead atoms. The Morgan fingerprint density at radius 3 is 2.73 bits per heavy atom. The van der Waals surface area contributed by atoms with Crippen molar-refractivity contribution in [3.63, 3.8) is 0 Å². The molecule has 0 unspecified atom stereocenters. The van der Waals surface area contributed by atoms with Gasteiger partial charge in [0.25, 0.3) is 5.56 Å². The molecule has 0 radical (unpaired) electrons. The summed E-state index contributed by atoms with van der Waals surface area (Å²) in [6.45, 7) is 3.47. The maximum Gasteiger partial charge on any atom is 0.251 e. The van der Waals surface area contributed by atoms with Gasteiger partial charge in [0.1, 0.15) is 6.07 Å². The monoisotopic (exact) mass is 204 g/mol. The highest BCUT2D eigenvalue weighted by Crippen LogP contribution is 2.03. The third-order valence-corrected chi connectivity index (χ3v) is 2.30. The van der Waals surface area contributed by atoms with E-state index in [0.29, 0.717) is 17.7 Å². The van der Waals surface area contributed by atoms with Crippen molar-refractivity contribution in [1.29, 1.82) is 5.26 Å². The van der Waals surface area contributed by atoms with E-state index in [-0.39, 0.29) is 17.9 Å². The Labute approximate surface area is 87.8 Å². The van der Waals surface area contributed by atoms with Crippen LogP contribution >= 0.6 is 0 Å².